The minimum atomic E-state index is -4.76. The Labute approximate surface area is 154 Å². The highest BCUT2D eigenvalue weighted by Crippen LogP contribution is 2.37. The summed E-state index contributed by atoms with van der Waals surface area (Å²) in [7, 11) is -4.19. The van der Waals surface area contributed by atoms with Crippen LogP contribution < -0.4 is 4.90 Å². The zero-order valence-electron chi connectivity index (χ0n) is 14.2. The number of alkyl halides is 3. The molecule has 1 aliphatic heterocycles. The third-order valence-corrected chi connectivity index (χ3v) is 6.58. The number of anilines is 1. The number of aryl methyl sites for hydroxylation is 1. The van der Waals surface area contributed by atoms with Crippen LogP contribution >= 0.6 is 0 Å². The second-order valence-corrected chi connectivity index (χ2v) is 8.40. The van der Waals surface area contributed by atoms with Gasteiger partial charge in [-0.15, -0.1) is 0 Å². The van der Waals surface area contributed by atoms with E-state index in [1.807, 2.05) is 6.07 Å². The Morgan fingerprint density at radius 3 is 2.63 bits per heavy atom. The summed E-state index contributed by atoms with van der Waals surface area (Å²) >= 11 is 0. The Morgan fingerprint density at radius 2 is 1.96 bits per heavy atom. The molecule has 0 radical (unpaired) electrons. The third-order valence-electron chi connectivity index (χ3n) is 4.35. The molecule has 1 unspecified atom stereocenters. The van der Waals surface area contributed by atoms with Crippen LogP contribution in [0.2, 0.25) is 0 Å². The van der Waals surface area contributed by atoms with Crippen LogP contribution in [0.3, 0.4) is 0 Å². The van der Waals surface area contributed by atoms with Crippen LogP contribution in [0.5, 0.6) is 0 Å². The highest BCUT2D eigenvalue weighted by atomic mass is 32.2. The first-order valence-corrected chi connectivity index (χ1v) is 9.58. The number of rotatable bonds is 3. The Balaban J connectivity index is 1.92. The lowest BCUT2D eigenvalue weighted by Crippen LogP contribution is -2.29. The number of nitriles is 1. The van der Waals surface area contributed by atoms with Gasteiger partial charge in [-0.1, -0.05) is 12.1 Å². The van der Waals surface area contributed by atoms with Crippen molar-refractivity contribution in [3.8, 4) is 6.07 Å². The molecule has 0 aliphatic carbocycles. The van der Waals surface area contributed by atoms with Gasteiger partial charge in [-0.05, 0) is 25.5 Å². The highest BCUT2D eigenvalue weighted by Gasteiger charge is 2.41. The van der Waals surface area contributed by atoms with E-state index in [0.29, 0.717) is 18.1 Å². The number of benzene rings is 1. The van der Waals surface area contributed by atoms with E-state index in [4.69, 9.17) is 5.26 Å². The maximum absolute atomic E-state index is 13.2. The van der Waals surface area contributed by atoms with E-state index < -0.39 is 31.7 Å². The van der Waals surface area contributed by atoms with E-state index in [-0.39, 0.29) is 18.8 Å². The summed E-state index contributed by atoms with van der Waals surface area (Å²) < 4.78 is 65.4. The molecular weight excluding hydrogens is 381 g/mol. The summed E-state index contributed by atoms with van der Waals surface area (Å²) in [5.74, 6) is 0.347. The van der Waals surface area contributed by atoms with Crippen molar-refractivity contribution in [3.05, 3.63) is 47.4 Å². The lowest BCUT2D eigenvalue weighted by Gasteiger charge is -2.19. The number of nitrogens with zero attached hydrogens (tertiary/aromatic N) is 4. The van der Waals surface area contributed by atoms with E-state index >= 15 is 0 Å². The fourth-order valence-electron chi connectivity index (χ4n) is 3.08. The number of sulfone groups is 1. The molecule has 142 valence electrons. The van der Waals surface area contributed by atoms with Gasteiger partial charge in [-0.2, -0.15) is 18.4 Å². The standard InChI is InChI=1S/C17H15F3N4O2S/c1-11-8-16(23-15(9-21)22-11)24-7-6-12(10-24)27(25,26)14-5-3-2-4-13(14)17(18,19)20/h2-5,8,12H,6-7,10H2,1H3. The lowest BCUT2D eigenvalue weighted by atomic mass is 10.2. The zero-order valence-corrected chi connectivity index (χ0v) is 15.0. The molecule has 0 spiro atoms. The maximum atomic E-state index is 13.2. The van der Waals surface area contributed by atoms with Crippen molar-refractivity contribution in [2.75, 3.05) is 18.0 Å². The quantitative estimate of drug-likeness (QED) is 0.793. The summed E-state index contributed by atoms with van der Waals surface area (Å²) in [5, 5.41) is 7.97. The monoisotopic (exact) mass is 396 g/mol. The van der Waals surface area contributed by atoms with Crippen molar-refractivity contribution in [1.29, 1.82) is 5.26 Å². The zero-order chi connectivity index (χ0) is 19.8. The van der Waals surface area contributed by atoms with Crippen LogP contribution in [-0.2, 0) is 16.0 Å². The Bertz CT molecular complexity index is 1020. The molecule has 0 bridgehead atoms. The molecule has 1 fully saturated rings. The Kier molecular flexibility index (Phi) is 4.82. The molecule has 2 aromatic rings. The SMILES string of the molecule is Cc1cc(N2CCC(S(=O)(=O)c3ccccc3C(F)(F)F)C2)nc(C#N)n1. The van der Waals surface area contributed by atoms with Crippen LogP contribution in [0.1, 0.15) is 23.5 Å². The van der Waals surface area contributed by atoms with Crippen LogP contribution in [-0.4, -0.2) is 36.7 Å². The van der Waals surface area contributed by atoms with Gasteiger partial charge in [0.25, 0.3) is 0 Å². The molecule has 0 N–H and O–H groups in total. The minimum absolute atomic E-state index is 0.00412. The van der Waals surface area contributed by atoms with E-state index in [1.54, 1.807) is 17.9 Å². The number of aromatic nitrogens is 2. The van der Waals surface area contributed by atoms with E-state index in [1.165, 1.54) is 6.07 Å². The van der Waals surface area contributed by atoms with Gasteiger partial charge in [0.1, 0.15) is 11.9 Å². The molecule has 0 amide bonds. The molecule has 2 heterocycles. The predicted molar refractivity (Wildman–Crippen MR) is 90.7 cm³/mol. The molecule has 3 rings (SSSR count). The van der Waals surface area contributed by atoms with Gasteiger partial charge in [0.15, 0.2) is 9.84 Å². The van der Waals surface area contributed by atoms with Crippen molar-refractivity contribution < 1.29 is 21.6 Å². The average Bonchev–Trinajstić information content (AvgIpc) is 3.11. The van der Waals surface area contributed by atoms with Gasteiger partial charge in [0, 0.05) is 24.8 Å². The summed E-state index contributed by atoms with van der Waals surface area (Å²) in [6.45, 7) is 1.98. The first-order valence-electron chi connectivity index (χ1n) is 8.04. The summed E-state index contributed by atoms with van der Waals surface area (Å²) in [6, 6.07) is 7.64. The van der Waals surface area contributed by atoms with Gasteiger partial charge < -0.3 is 4.90 Å². The molecule has 1 aromatic carbocycles. The average molecular weight is 396 g/mol. The normalized spacial score (nSPS) is 17.7. The smallest absolute Gasteiger partial charge is 0.355 e. The van der Waals surface area contributed by atoms with Gasteiger partial charge >= 0.3 is 6.18 Å². The number of hydrogen-bond donors (Lipinski definition) is 0. The molecule has 1 aromatic heterocycles. The molecule has 27 heavy (non-hydrogen) atoms. The highest BCUT2D eigenvalue weighted by molar-refractivity contribution is 7.92. The predicted octanol–water partition coefficient (Wildman–Crippen LogP) is 2.73. The fourth-order valence-corrected chi connectivity index (χ4v) is 4.99. The van der Waals surface area contributed by atoms with Crippen molar-refractivity contribution in [2.24, 2.45) is 0 Å². The van der Waals surface area contributed by atoms with Crippen LogP contribution in [0.25, 0.3) is 0 Å². The molecule has 1 aliphatic rings. The number of halogens is 3. The molecule has 1 saturated heterocycles. The fraction of sp³-hybridized carbons (Fsp3) is 0.353. The molecule has 1 atom stereocenters. The first kappa shape index (κ1) is 19.1. The topological polar surface area (TPSA) is 87.0 Å². The lowest BCUT2D eigenvalue weighted by molar-refractivity contribution is -0.139. The second kappa shape index (κ2) is 6.81. The van der Waals surface area contributed by atoms with Gasteiger partial charge in [0.2, 0.25) is 5.82 Å². The summed E-state index contributed by atoms with van der Waals surface area (Å²) in [4.78, 5) is 8.93. The maximum Gasteiger partial charge on any atom is 0.417 e. The van der Waals surface area contributed by atoms with E-state index in [0.717, 1.165) is 18.2 Å². The van der Waals surface area contributed by atoms with Gasteiger partial charge in [-0.3, -0.25) is 0 Å². The number of hydrogen-bond acceptors (Lipinski definition) is 6. The molecular formula is C17H15F3N4O2S. The molecule has 0 saturated carbocycles. The molecule has 6 nitrogen and oxygen atoms in total. The van der Waals surface area contributed by atoms with Gasteiger partial charge in [0.05, 0.1) is 15.7 Å². The van der Waals surface area contributed by atoms with E-state index in [2.05, 4.69) is 9.97 Å². The second-order valence-electron chi connectivity index (χ2n) is 6.20. The Hall–Kier alpha value is -2.67. The third kappa shape index (κ3) is 3.73. The molecule has 10 heteroatoms. The summed E-state index contributed by atoms with van der Waals surface area (Å²) in [5.41, 5.74) is -0.613. The van der Waals surface area contributed by atoms with Crippen LogP contribution in [0.4, 0.5) is 19.0 Å². The van der Waals surface area contributed by atoms with Crippen molar-refractivity contribution in [1.82, 2.24) is 9.97 Å². The minimum Gasteiger partial charge on any atom is -0.355 e. The van der Waals surface area contributed by atoms with Crippen LogP contribution in [0, 0.1) is 18.3 Å². The van der Waals surface area contributed by atoms with Gasteiger partial charge in [-0.25, -0.2) is 18.4 Å². The Morgan fingerprint density at radius 1 is 1.26 bits per heavy atom. The first-order chi connectivity index (χ1) is 12.6. The van der Waals surface area contributed by atoms with Crippen LogP contribution in [0.15, 0.2) is 35.2 Å². The largest absolute Gasteiger partial charge is 0.417 e. The van der Waals surface area contributed by atoms with Crippen molar-refractivity contribution in [2.45, 2.75) is 29.7 Å². The van der Waals surface area contributed by atoms with Crippen molar-refractivity contribution in [3.63, 3.8) is 0 Å². The summed E-state index contributed by atoms with van der Waals surface area (Å²) in [6.07, 6.45) is -4.59. The van der Waals surface area contributed by atoms with E-state index in [9.17, 15) is 21.6 Å². The van der Waals surface area contributed by atoms with Crippen molar-refractivity contribution >= 4 is 15.7 Å².